The van der Waals surface area contributed by atoms with E-state index >= 15 is 0 Å². The summed E-state index contributed by atoms with van der Waals surface area (Å²) in [4.78, 5) is 21.5. The lowest BCUT2D eigenvalue weighted by Crippen LogP contribution is -2.42. The average molecular weight is 322 g/mol. The molecule has 5 nitrogen and oxygen atoms in total. The second kappa shape index (κ2) is 6.15. The second-order valence-corrected chi connectivity index (χ2v) is 6.65. The zero-order chi connectivity index (χ0) is 16.5. The Kier molecular flexibility index (Phi) is 3.84. The van der Waals surface area contributed by atoms with Gasteiger partial charge in [-0.25, -0.2) is 9.78 Å². The molecule has 0 spiro atoms. The summed E-state index contributed by atoms with van der Waals surface area (Å²) in [6.07, 6.45) is 2.89. The summed E-state index contributed by atoms with van der Waals surface area (Å²) >= 11 is 0. The van der Waals surface area contributed by atoms with Crippen LogP contribution in [-0.2, 0) is 0 Å². The summed E-state index contributed by atoms with van der Waals surface area (Å²) in [5, 5.41) is 3.07. The summed E-state index contributed by atoms with van der Waals surface area (Å²) in [7, 11) is 0. The number of nitrogens with zero attached hydrogens (tertiary/aromatic N) is 3. The molecule has 1 aromatic carbocycles. The molecule has 2 fully saturated rings. The molecule has 2 atom stereocenters. The van der Waals surface area contributed by atoms with E-state index in [0.717, 1.165) is 43.1 Å². The predicted octanol–water partition coefficient (Wildman–Crippen LogP) is 3.13. The van der Waals surface area contributed by atoms with Gasteiger partial charge in [-0.2, -0.15) is 0 Å². The van der Waals surface area contributed by atoms with Crippen molar-refractivity contribution in [2.45, 2.75) is 19.4 Å². The number of pyridine rings is 1. The van der Waals surface area contributed by atoms with Crippen LogP contribution in [0.4, 0.5) is 16.3 Å². The van der Waals surface area contributed by atoms with Crippen LogP contribution >= 0.6 is 0 Å². The van der Waals surface area contributed by atoms with Crippen LogP contribution in [0.1, 0.15) is 12.0 Å². The van der Waals surface area contributed by atoms with Crippen molar-refractivity contribution in [1.82, 2.24) is 9.88 Å². The number of urea groups is 1. The fourth-order valence-corrected chi connectivity index (χ4v) is 3.84. The van der Waals surface area contributed by atoms with E-state index in [9.17, 15) is 4.79 Å². The molecule has 2 unspecified atom stereocenters. The van der Waals surface area contributed by atoms with Gasteiger partial charge in [-0.15, -0.1) is 0 Å². The maximum absolute atomic E-state index is 12.7. The Balaban J connectivity index is 1.46. The second-order valence-electron chi connectivity index (χ2n) is 6.65. The number of anilines is 2. The number of fused-ring (bicyclic) bond motifs is 1. The SMILES string of the molecule is Cc1ccccc1NC(=O)N1CCC2CN(c3ccccn3)CC21. The molecule has 124 valence electrons. The quantitative estimate of drug-likeness (QED) is 0.924. The number of aryl methyl sites for hydroxylation is 1. The lowest BCUT2D eigenvalue weighted by atomic mass is 10.1. The largest absolute Gasteiger partial charge is 0.354 e. The van der Waals surface area contributed by atoms with E-state index in [0.29, 0.717) is 5.92 Å². The lowest BCUT2D eigenvalue weighted by molar-refractivity contribution is 0.207. The zero-order valence-electron chi connectivity index (χ0n) is 13.9. The molecule has 2 aliphatic heterocycles. The first-order chi connectivity index (χ1) is 11.7. The Morgan fingerprint density at radius 1 is 1.17 bits per heavy atom. The van der Waals surface area contributed by atoms with E-state index in [1.54, 1.807) is 0 Å². The van der Waals surface area contributed by atoms with Gasteiger partial charge < -0.3 is 15.1 Å². The van der Waals surface area contributed by atoms with Gasteiger partial charge in [-0.3, -0.25) is 0 Å². The molecule has 24 heavy (non-hydrogen) atoms. The van der Waals surface area contributed by atoms with Gasteiger partial charge >= 0.3 is 6.03 Å². The van der Waals surface area contributed by atoms with Crippen molar-refractivity contribution in [3.63, 3.8) is 0 Å². The molecule has 3 heterocycles. The molecule has 2 amide bonds. The van der Waals surface area contributed by atoms with Crippen molar-refractivity contribution in [3.8, 4) is 0 Å². The number of nitrogens with one attached hydrogen (secondary N) is 1. The molecule has 5 heteroatoms. The Morgan fingerprint density at radius 2 is 2.00 bits per heavy atom. The van der Waals surface area contributed by atoms with Gasteiger partial charge in [0.25, 0.3) is 0 Å². The number of aromatic nitrogens is 1. The number of hydrogen-bond acceptors (Lipinski definition) is 3. The third kappa shape index (κ3) is 2.70. The minimum atomic E-state index is 0.0136. The summed E-state index contributed by atoms with van der Waals surface area (Å²) < 4.78 is 0. The standard InChI is InChI=1S/C19H22N4O/c1-14-6-2-3-7-16(14)21-19(24)23-11-9-15-12-22(13-17(15)23)18-8-4-5-10-20-18/h2-8,10,15,17H,9,11-13H2,1H3,(H,21,24). The van der Waals surface area contributed by atoms with Gasteiger partial charge in [0.2, 0.25) is 0 Å². The van der Waals surface area contributed by atoms with Crippen LogP contribution in [-0.4, -0.2) is 41.6 Å². The number of carbonyl (C=O) groups is 1. The molecule has 1 aromatic heterocycles. The number of para-hydroxylation sites is 1. The van der Waals surface area contributed by atoms with Crippen LogP contribution < -0.4 is 10.2 Å². The minimum Gasteiger partial charge on any atom is -0.354 e. The molecule has 0 aliphatic carbocycles. The fraction of sp³-hybridized carbons (Fsp3) is 0.368. The van der Waals surface area contributed by atoms with Crippen LogP contribution in [0.15, 0.2) is 48.7 Å². The summed E-state index contributed by atoms with van der Waals surface area (Å²) in [5.41, 5.74) is 1.98. The van der Waals surface area contributed by atoms with Crippen molar-refractivity contribution in [3.05, 3.63) is 54.2 Å². The summed E-state index contributed by atoms with van der Waals surface area (Å²) in [5.74, 6) is 1.54. The van der Waals surface area contributed by atoms with E-state index in [2.05, 4.69) is 15.2 Å². The number of hydrogen-bond donors (Lipinski definition) is 1. The molecular weight excluding hydrogens is 300 g/mol. The first-order valence-electron chi connectivity index (χ1n) is 8.51. The van der Waals surface area contributed by atoms with E-state index in [1.807, 2.05) is 60.5 Å². The highest BCUT2D eigenvalue weighted by Gasteiger charge is 2.43. The topological polar surface area (TPSA) is 48.5 Å². The minimum absolute atomic E-state index is 0.0136. The van der Waals surface area contributed by atoms with Crippen LogP contribution in [0.3, 0.4) is 0 Å². The third-order valence-electron chi connectivity index (χ3n) is 5.17. The number of benzene rings is 1. The Hall–Kier alpha value is -2.56. The number of carbonyl (C=O) groups excluding carboxylic acids is 1. The van der Waals surface area contributed by atoms with Crippen molar-refractivity contribution < 1.29 is 4.79 Å². The van der Waals surface area contributed by atoms with Gasteiger partial charge in [0.1, 0.15) is 5.82 Å². The number of likely N-dealkylation sites (tertiary alicyclic amines) is 1. The van der Waals surface area contributed by atoms with E-state index < -0.39 is 0 Å². The highest BCUT2D eigenvalue weighted by atomic mass is 16.2. The monoisotopic (exact) mass is 322 g/mol. The molecule has 0 bridgehead atoms. The van der Waals surface area contributed by atoms with Gasteiger partial charge in [-0.1, -0.05) is 24.3 Å². The first-order valence-corrected chi connectivity index (χ1v) is 8.51. The summed E-state index contributed by atoms with van der Waals surface area (Å²) in [6, 6.07) is 14.2. The van der Waals surface area contributed by atoms with Crippen molar-refractivity contribution in [2.75, 3.05) is 29.9 Å². The zero-order valence-corrected chi connectivity index (χ0v) is 13.9. The Labute approximate surface area is 142 Å². The molecule has 0 saturated carbocycles. The highest BCUT2D eigenvalue weighted by Crippen LogP contribution is 2.33. The van der Waals surface area contributed by atoms with Crippen LogP contribution in [0.25, 0.3) is 0 Å². The lowest BCUT2D eigenvalue weighted by Gasteiger charge is -2.26. The van der Waals surface area contributed by atoms with E-state index in [1.165, 1.54) is 0 Å². The van der Waals surface area contributed by atoms with Gasteiger partial charge in [0.05, 0.1) is 6.04 Å². The maximum atomic E-state index is 12.7. The van der Waals surface area contributed by atoms with Crippen molar-refractivity contribution in [1.29, 1.82) is 0 Å². The van der Waals surface area contributed by atoms with E-state index in [4.69, 9.17) is 0 Å². The molecule has 0 radical (unpaired) electrons. The van der Waals surface area contributed by atoms with Gasteiger partial charge in [0.15, 0.2) is 0 Å². The molecule has 2 aromatic rings. The number of amides is 2. The predicted molar refractivity (Wildman–Crippen MR) is 95.2 cm³/mol. The Morgan fingerprint density at radius 3 is 2.79 bits per heavy atom. The van der Waals surface area contributed by atoms with Crippen LogP contribution in [0, 0.1) is 12.8 Å². The highest BCUT2D eigenvalue weighted by molar-refractivity contribution is 5.90. The smallest absolute Gasteiger partial charge is 0.322 e. The fourth-order valence-electron chi connectivity index (χ4n) is 3.84. The van der Waals surface area contributed by atoms with Gasteiger partial charge in [-0.05, 0) is 37.1 Å². The molecule has 2 saturated heterocycles. The number of rotatable bonds is 2. The van der Waals surface area contributed by atoms with Crippen LogP contribution in [0.5, 0.6) is 0 Å². The molecule has 4 rings (SSSR count). The van der Waals surface area contributed by atoms with Gasteiger partial charge in [0, 0.05) is 37.4 Å². The Bertz CT molecular complexity index is 733. The third-order valence-corrected chi connectivity index (χ3v) is 5.17. The molecule has 2 aliphatic rings. The first kappa shape index (κ1) is 15.0. The van der Waals surface area contributed by atoms with Crippen LogP contribution in [0.2, 0.25) is 0 Å². The summed E-state index contributed by atoms with van der Waals surface area (Å²) in [6.45, 7) is 4.70. The average Bonchev–Trinajstić information content (AvgIpc) is 3.18. The van der Waals surface area contributed by atoms with Crippen molar-refractivity contribution >= 4 is 17.5 Å². The maximum Gasteiger partial charge on any atom is 0.322 e. The molecular formula is C19H22N4O. The van der Waals surface area contributed by atoms with Crippen molar-refractivity contribution in [2.24, 2.45) is 5.92 Å². The normalized spacial score (nSPS) is 22.5. The molecule has 1 N–H and O–H groups in total. The van der Waals surface area contributed by atoms with E-state index in [-0.39, 0.29) is 12.1 Å².